The van der Waals surface area contributed by atoms with Crippen LogP contribution in [0.25, 0.3) is 16.7 Å². The maximum absolute atomic E-state index is 12.6. The van der Waals surface area contributed by atoms with Gasteiger partial charge in [0.05, 0.1) is 36.0 Å². The van der Waals surface area contributed by atoms with Gasteiger partial charge in [-0.15, -0.1) is 0 Å². The van der Waals surface area contributed by atoms with Crippen molar-refractivity contribution in [2.75, 3.05) is 6.61 Å². The Morgan fingerprint density at radius 3 is 2.61 bits per heavy atom. The van der Waals surface area contributed by atoms with Crippen LogP contribution in [0.2, 0.25) is 0 Å². The monoisotopic (exact) mass is 442 g/mol. The SMILES string of the molecule is CCOC(=O)Cn1c(=O)c(=O)[nH]c2cc([N+](=O)[O-])c(-n3ccc(C[N+](F)(F)F)c3)cc21. The van der Waals surface area contributed by atoms with E-state index in [2.05, 4.69) is 4.98 Å². The van der Waals surface area contributed by atoms with Crippen molar-refractivity contribution in [3.8, 4) is 5.69 Å². The zero-order valence-corrected chi connectivity index (χ0v) is 15.9. The summed E-state index contributed by atoms with van der Waals surface area (Å²) in [7, 11) is 0. The van der Waals surface area contributed by atoms with Crippen LogP contribution in [-0.2, 0) is 22.6 Å². The summed E-state index contributed by atoms with van der Waals surface area (Å²) in [6, 6.07) is 3.24. The van der Waals surface area contributed by atoms with E-state index >= 15 is 0 Å². The van der Waals surface area contributed by atoms with Crippen molar-refractivity contribution >= 4 is 22.7 Å². The van der Waals surface area contributed by atoms with E-state index in [0.29, 0.717) is 0 Å². The van der Waals surface area contributed by atoms with Crippen molar-refractivity contribution < 1.29 is 33.0 Å². The Balaban J connectivity index is 2.24. The normalized spacial score (nSPS) is 11.6. The third kappa shape index (κ3) is 4.63. The van der Waals surface area contributed by atoms with Gasteiger partial charge in [0, 0.05) is 24.0 Å². The number of nitro groups is 1. The number of H-pyrrole nitrogens is 1. The summed E-state index contributed by atoms with van der Waals surface area (Å²) in [5, 5.41) is 7.72. The molecule has 11 nitrogen and oxygen atoms in total. The largest absolute Gasteiger partial charge is 0.465 e. The van der Waals surface area contributed by atoms with E-state index in [0.717, 1.165) is 33.5 Å². The number of aromatic amines is 1. The standard InChI is InChI=1S/C17H14F3N5O6/c1-2-31-15(26)8-23-12-6-13(22-4-3-10(7-22)9-25(18,19)20)14(24(29)30)5-11(12)21-16(27)17(23)28/h3-7H,2,8-9H2,1H3/p+1. The predicted octanol–water partition coefficient (Wildman–Crippen LogP) is 1.92. The molecule has 164 valence electrons. The van der Waals surface area contributed by atoms with Gasteiger partial charge in [-0.1, -0.05) is 0 Å². The summed E-state index contributed by atoms with van der Waals surface area (Å²) in [4.78, 5) is 49.1. The fraction of sp³-hybridized carbons (Fsp3) is 0.235. The highest BCUT2D eigenvalue weighted by Crippen LogP contribution is 2.29. The smallest absolute Gasteiger partial charge is 0.326 e. The highest BCUT2D eigenvalue weighted by molar-refractivity contribution is 5.83. The summed E-state index contributed by atoms with van der Waals surface area (Å²) >= 11 is 0. The van der Waals surface area contributed by atoms with E-state index in [4.69, 9.17) is 4.74 Å². The molecule has 3 aromatic rings. The molecule has 0 unspecified atom stereocenters. The Kier molecular flexibility index (Phi) is 5.66. The van der Waals surface area contributed by atoms with Crippen LogP contribution in [0.5, 0.6) is 0 Å². The van der Waals surface area contributed by atoms with E-state index < -0.39 is 45.9 Å². The number of nitro benzene ring substituents is 1. The number of halogens is 3. The lowest BCUT2D eigenvalue weighted by Crippen LogP contribution is -2.38. The summed E-state index contributed by atoms with van der Waals surface area (Å²) in [6.45, 7) is -0.362. The molecule has 0 spiro atoms. The van der Waals surface area contributed by atoms with E-state index in [9.17, 15) is 37.9 Å². The maximum atomic E-state index is 12.6. The molecular formula is C17H15F3N5O6+. The fourth-order valence-corrected chi connectivity index (χ4v) is 3.03. The fourth-order valence-electron chi connectivity index (χ4n) is 3.03. The third-order valence-corrected chi connectivity index (χ3v) is 4.25. The molecule has 0 saturated carbocycles. The minimum atomic E-state index is -3.83. The number of nitrogens with zero attached hydrogens (tertiary/aromatic N) is 4. The molecular weight excluding hydrogens is 427 g/mol. The van der Waals surface area contributed by atoms with Crippen molar-refractivity contribution in [1.82, 2.24) is 14.1 Å². The second-order valence-corrected chi connectivity index (χ2v) is 6.40. The van der Waals surface area contributed by atoms with Crippen LogP contribution in [0.15, 0.2) is 40.2 Å². The number of benzene rings is 1. The summed E-state index contributed by atoms with van der Waals surface area (Å²) < 4.78 is 44.4. The highest BCUT2D eigenvalue weighted by Gasteiger charge is 2.32. The Morgan fingerprint density at radius 1 is 1.29 bits per heavy atom. The minimum Gasteiger partial charge on any atom is -0.465 e. The molecule has 0 amide bonds. The Labute approximate surface area is 170 Å². The van der Waals surface area contributed by atoms with E-state index in [1.807, 2.05) is 0 Å². The van der Waals surface area contributed by atoms with Crippen LogP contribution in [0, 0.1) is 10.1 Å². The summed E-state index contributed by atoms with van der Waals surface area (Å²) in [6.07, 6.45) is 2.25. The quantitative estimate of drug-likeness (QED) is 0.196. The molecule has 14 heteroatoms. The number of rotatable bonds is 7. The van der Waals surface area contributed by atoms with Crippen molar-refractivity contribution in [3.05, 3.63) is 67.0 Å². The molecule has 0 radical (unpaired) electrons. The number of carbonyl (C=O) groups is 1. The van der Waals surface area contributed by atoms with Crippen LogP contribution >= 0.6 is 0 Å². The Hall–Kier alpha value is -3.94. The molecule has 0 bridgehead atoms. The van der Waals surface area contributed by atoms with Crippen molar-refractivity contribution in [1.29, 1.82) is 0 Å². The molecule has 0 saturated heterocycles. The first-order valence-corrected chi connectivity index (χ1v) is 8.75. The first-order chi connectivity index (χ1) is 14.5. The van der Waals surface area contributed by atoms with Gasteiger partial charge < -0.3 is 14.3 Å². The van der Waals surface area contributed by atoms with Gasteiger partial charge in [-0.25, -0.2) is 0 Å². The second kappa shape index (κ2) is 8.06. The zero-order chi connectivity index (χ0) is 22.9. The van der Waals surface area contributed by atoms with Gasteiger partial charge in [0.25, 0.3) is 5.69 Å². The molecule has 1 aromatic carbocycles. The van der Waals surface area contributed by atoms with Crippen molar-refractivity contribution in [2.45, 2.75) is 20.0 Å². The maximum Gasteiger partial charge on any atom is 0.326 e. The van der Waals surface area contributed by atoms with Gasteiger partial charge in [0.2, 0.25) is 11.7 Å². The lowest BCUT2D eigenvalue weighted by molar-refractivity contribution is -1.28. The first-order valence-electron chi connectivity index (χ1n) is 8.75. The second-order valence-electron chi connectivity index (χ2n) is 6.40. The molecule has 0 fully saturated rings. The number of hydrogen-bond acceptors (Lipinski definition) is 6. The molecule has 0 aliphatic rings. The van der Waals surface area contributed by atoms with Gasteiger partial charge in [0.15, 0.2) is 0 Å². The number of carbonyl (C=O) groups excluding carboxylic acids is 1. The van der Waals surface area contributed by atoms with E-state index in [1.165, 1.54) is 6.20 Å². The molecule has 2 aromatic heterocycles. The van der Waals surface area contributed by atoms with E-state index in [1.54, 1.807) is 6.92 Å². The van der Waals surface area contributed by atoms with Crippen LogP contribution in [-0.4, -0.2) is 36.8 Å². The first kappa shape index (κ1) is 21.8. The van der Waals surface area contributed by atoms with Gasteiger partial charge in [-0.05, 0) is 19.1 Å². The Bertz CT molecular complexity index is 1290. The average molecular weight is 442 g/mol. The number of esters is 1. The molecule has 3 rings (SSSR count). The van der Waals surface area contributed by atoms with Crippen LogP contribution in [0.1, 0.15) is 12.5 Å². The minimum absolute atomic E-state index is 0.0231. The number of aromatic nitrogens is 3. The molecule has 2 heterocycles. The zero-order valence-electron chi connectivity index (χ0n) is 15.9. The highest BCUT2D eigenvalue weighted by atomic mass is 19.6. The topological polar surface area (TPSA) is 129 Å². The van der Waals surface area contributed by atoms with Crippen molar-refractivity contribution in [2.24, 2.45) is 0 Å². The number of quaternary nitrogens is 1. The molecule has 0 aliphatic carbocycles. The number of nitrogens with one attached hydrogen (secondary N) is 1. The van der Waals surface area contributed by atoms with Gasteiger partial charge in [0.1, 0.15) is 12.2 Å². The molecule has 0 aliphatic heterocycles. The Morgan fingerprint density at radius 2 is 2.00 bits per heavy atom. The van der Waals surface area contributed by atoms with Crippen molar-refractivity contribution in [3.63, 3.8) is 0 Å². The van der Waals surface area contributed by atoms with Crippen LogP contribution in [0.4, 0.5) is 19.1 Å². The summed E-state index contributed by atoms with van der Waals surface area (Å²) in [5.74, 6) is -0.817. The predicted molar refractivity (Wildman–Crippen MR) is 98.7 cm³/mol. The van der Waals surface area contributed by atoms with Crippen LogP contribution in [0.3, 0.4) is 0 Å². The molecule has 0 atom stereocenters. The number of ether oxygens (including phenoxy) is 1. The van der Waals surface area contributed by atoms with Gasteiger partial charge >= 0.3 is 17.1 Å². The van der Waals surface area contributed by atoms with E-state index in [-0.39, 0.29) is 28.9 Å². The molecule has 31 heavy (non-hydrogen) atoms. The average Bonchev–Trinajstić information content (AvgIpc) is 3.11. The molecule has 1 N–H and O–H groups in total. The lowest BCUT2D eigenvalue weighted by Gasteiger charge is -2.12. The number of fused-ring (bicyclic) bond motifs is 1. The lowest BCUT2D eigenvalue weighted by atomic mass is 10.2. The van der Waals surface area contributed by atoms with Gasteiger partial charge in [-0.3, -0.25) is 29.1 Å². The van der Waals surface area contributed by atoms with Crippen LogP contribution < -0.4 is 11.1 Å². The van der Waals surface area contributed by atoms with Gasteiger partial charge in [-0.2, -0.15) is 0 Å². The summed E-state index contributed by atoms with van der Waals surface area (Å²) in [5.41, 5.74) is -3.21. The third-order valence-electron chi connectivity index (χ3n) is 4.25. The number of hydrogen-bond donors (Lipinski definition) is 1.